The maximum atomic E-state index is 14.2. The predicted octanol–water partition coefficient (Wildman–Crippen LogP) is 8.52. The number of aromatic nitrogens is 1. The van der Waals surface area contributed by atoms with Crippen LogP contribution in [-0.2, 0) is 27.8 Å². The van der Waals surface area contributed by atoms with Gasteiger partial charge in [0.25, 0.3) is 0 Å². The second kappa shape index (κ2) is 11.4. The molecule has 0 amide bonds. The van der Waals surface area contributed by atoms with Gasteiger partial charge in [-0.1, -0.05) is 78.3 Å². The number of carbonyl (C=O) groups excluding carboxylic acids is 1. The van der Waals surface area contributed by atoms with E-state index >= 15 is 0 Å². The zero-order valence-electron chi connectivity index (χ0n) is 22.6. The monoisotopic (exact) mass is 545 g/mol. The van der Waals surface area contributed by atoms with Crippen LogP contribution in [0.1, 0.15) is 55.5 Å². The van der Waals surface area contributed by atoms with Crippen LogP contribution in [0.2, 0.25) is 5.02 Å². The summed E-state index contributed by atoms with van der Waals surface area (Å²) in [6.07, 6.45) is 3.85. The molecule has 1 aromatic heterocycles. The Labute approximate surface area is 234 Å². The van der Waals surface area contributed by atoms with Gasteiger partial charge in [-0.05, 0) is 80.7 Å². The van der Waals surface area contributed by atoms with E-state index in [1.807, 2.05) is 26.0 Å². The summed E-state index contributed by atoms with van der Waals surface area (Å²) in [5.41, 5.74) is 6.22. The van der Waals surface area contributed by atoms with Crippen LogP contribution < -0.4 is 0 Å². The number of aryl methyl sites for hydroxylation is 1. The fraction of sp³-hybridized carbons (Fsp3) is 0.333. The number of benzene rings is 3. The molecule has 4 nitrogen and oxygen atoms in total. The first-order chi connectivity index (χ1) is 18.8. The van der Waals surface area contributed by atoms with Crippen LogP contribution in [0.15, 0.2) is 71.3 Å². The van der Waals surface area contributed by atoms with Crippen molar-refractivity contribution in [1.29, 1.82) is 0 Å². The van der Waals surface area contributed by atoms with Crippen LogP contribution in [0.4, 0.5) is 4.39 Å². The molecule has 1 aliphatic rings. The van der Waals surface area contributed by atoms with Gasteiger partial charge in [-0.2, -0.15) is 0 Å². The number of hydrogen-bond donors (Lipinski definition) is 0. The van der Waals surface area contributed by atoms with E-state index in [2.05, 4.69) is 48.5 Å². The molecule has 1 atom stereocenters. The zero-order valence-corrected chi connectivity index (χ0v) is 23.4. The molecule has 39 heavy (non-hydrogen) atoms. The number of hydrogen-bond acceptors (Lipinski definition) is 4. The average Bonchev–Trinajstić information content (AvgIpc) is 3.68. The molecule has 0 saturated heterocycles. The lowest BCUT2D eigenvalue weighted by Gasteiger charge is -2.15. The quantitative estimate of drug-likeness (QED) is 0.187. The Hall–Kier alpha value is -3.44. The number of esters is 1. The average molecular weight is 546 g/mol. The predicted molar refractivity (Wildman–Crippen MR) is 152 cm³/mol. The van der Waals surface area contributed by atoms with Gasteiger partial charge >= 0.3 is 5.97 Å². The Bertz CT molecular complexity index is 1440. The van der Waals surface area contributed by atoms with Gasteiger partial charge in [-0.25, -0.2) is 4.39 Å². The first kappa shape index (κ1) is 27.1. The van der Waals surface area contributed by atoms with Crippen molar-refractivity contribution in [3.8, 4) is 22.5 Å². The summed E-state index contributed by atoms with van der Waals surface area (Å²) in [6.45, 7) is 6.36. The molecule has 0 bridgehead atoms. The molecular weight excluding hydrogens is 513 g/mol. The Balaban J connectivity index is 1.27. The van der Waals surface area contributed by atoms with Crippen LogP contribution in [0.25, 0.3) is 22.5 Å². The standard InChI is InChI=1S/C33H33ClFNO3/c1-4-38-32(37)33(18-19-33)26-15-13-24(14-16-26)23-9-11-25(12-10-23)31-28(22(3)36-39-31)20-21(2)8-17-27-29(34)6-5-7-30(27)35/h5-7,9-16,21H,4,8,17-20H2,1-3H3. The van der Waals surface area contributed by atoms with Crippen molar-refractivity contribution in [1.82, 2.24) is 5.16 Å². The van der Waals surface area contributed by atoms with Crippen molar-refractivity contribution in [3.63, 3.8) is 0 Å². The van der Waals surface area contributed by atoms with Gasteiger partial charge in [-0.3, -0.25) is 4.79 Å². The molecule has 0 spiro atoms. The Morgan fingerprint density at radius 1 is 1.03 bits per heavy atom. The van der Waals surface area contributed by atoms with Crippen LogP contribution >= 0.6 is 11.6 Å². The largest absolute Gasteiger partial charge is 0.465 e. The third kappa shape index (κ3) is 5.65. The first-order valence-corrected chi connectivity index (χ1v) is 14.0. The van der Waals surface area contributed by atoms with E-state index in [0.29, 0.717) is 29.5 Å². The van der Waals surface area contributed by atoms with E-state index in [9.17, 15) is 9.18 Å². The van der Waals surface area contributed by atoms with Crippen molar-refractivity contribution in [3.05, 3.63) is 100.0 Å². The molecule has 202 valence electrons. The summed E-state index contributed by atoms with van der Waals surface area (Å²) >= 11 is 6.21. The van der Waals surface area contributed by atoms with E-state index in [0.717, 1.165) is 65.0 Å². The number of carbonyl (C=O) groups is 1. The van der Waals surface area contributed by atoms with Gasteiger partial charge in [0.05, 0.1) is 17.7 Å². The van der Waals surface area contributed by atoms with Crippen molar-refractivity contribution in [2.24, 2.45) is 5.92 Å². The SMILES string of the molecule is CCOC(=O)C1(c2ccc(-c3ccc(-c4onc(C)c4CC(C)CCc4c(F)cccc4Cl)cc3)cc2)CC1. The normalized spacial score (nSPS) is 14.7. The second-order valence-electron chi connectivity index (χ2n) is 10.6. The molecular formula is C33H33ClFNO3. The highest BCUT2D eigenvalue weighted by Gasteiger charge is 2.52. The van der Waals surface area contributed by atoms with Crippen LogP contribution in [-0.4, -0.2) is 17.7 Å². The minimum absolute atomic E-state index is 0.120. The number of ether oxygens (including phenoxy) is 1. The first-order valence-electron chi connectivity index (χ1n) is 13.6. The minimum Gasteiger partial charge on any atom is -0.465 e. The highest BCUT2D eigenvalue weighted by molar-refractivity contribution is 6.31. The fourth-order valence-corrected chi connectivity index (χ4v) is 5.53. The van der Waals surface area contributed by atoms with E-state index in [4.69, 9.17) is 20.9 Å². The zero-order chi connectivity index (χ0) is 27.6. The molecule has 4 aromatic rings. The van der Waals surface area contributed by atoms with Crippen molar-refractivity contribution < 1.29 is 18.4 Å². The van der Waals surface area contributed by atoms with Gasteiger partial charge in [-0.15, -0.1) is 0 Å². The van der Waals surface area contributed by atoms with Crippen LogP contribution in [0, 0.1) is 18.7 Å². The maximum Gasteiger partial charge on any atom is 0.316 e. The smallest absolute Gasteiger partial charge is 0.316 e. The molecule has 6 heteroatoms. The summed E-state index contributed by atoms with van der Waals surface area (Å²) < 4.78 is 25.2. The fourth-order valence-electron chi connectivity index (χ4n) is 5.27. The van der Waals surface area contributed by atoms with E-state index in [1.54, 1.807) is 12.1 Å². The van der Waals surface area contributed by atoms with Crippen LogP contribution in [0.5, 0.6) is 0 Å². The lowest BCUT2D eigenvalue weighted by molar-refractivity contribution is -0.146. The molecule has 1 heterocycles. The van der Waals surface area contributed by atoms with Crippen molar-refractivity contribution >= 4 is 17.6 Å². The highest BCUT2D eigenvalue weighted by Crippen LogP contribution is 2.49. The molecule has 5 rings (SSSR count). The Morgan fingerprint density at radius 2 is 1.67 bits per heavy atom. The second-order valence-corrected chi connectivity index (χ2v) is 11.0. The van der Waals surface area contributed by atoms with Gasteiger partial charge in [0.1, 0.15) is 5.82 Å². The topological polar surface area (TPSA) is 52.3 Å². The van der Waals surface area contributed by atoms with Gasteiger partial charge in [0, 0.05) is 21.7 Å². The highest BCUT2D eigenvalue weighted by atomic mass is 35.5. The van der Waals surface area contributed by atoms with E-state index in [1.165, 1.54) is 6.07 Å². The van der Waals surface area contributed by atoms with E-state index < -0.39 is 5.41 Å². The molecule has 3 aromatic carbocycles. The Kier molecular flexibility index (Phi) is 7.90. The number of halogens is 2. The van der Waals surface area contributed by atoms with Crippen LogP contribution in [0.3, 0.4) is 0 Å². The van der Waals surface area contributed by atoms with Gasteiger partial charge in [0.15, 0.2) is 5.76 Å². The molecule has 0 radical (unpaired) electrons. The lowest BCUT2D eigenvalue weighted by atomic mass is 9.91. The molecule has 0 N–H and O–H groups in total. The van der Waals surface area contributed by atoms with Crippen molar-refractivity contribution in [2.45, 2.75) is 58.3 Å². The van der Waals surface area contributed by atoms with Crippen molar-refractivity contribution in [2.75, 3.05) is 6.61 Å². The number of rotatable bonds is 10. The summed E-state index contributed by atoms with van der Waals surface area (Å²) in [4.78, 5) is 12.4. The van der Waals surface area contributed by atoms with E-state index in [-0.39, 0.29) is 11.8 Å². The molecule has 1 fully saturated rings. The van der Waals surface area contributed by atoms with Gasteiger partial charge < -0.3 is 9.26 Å². The summed E-state index contributed by atoms with van der Waals surface area (Å²) in [7, 11) is 0. The molecule has 1 aliphatic carbocycles. The third-order valence-corrected chi connectivity index (χ3v) is 8.17. The molecule has 1 unspecified atom stereocenters. The maximum absolute atomic E-state index is 14.2. The summed E-state index contributed by atoms with van der Waals surface area (Å²) in [6, 6.07) is 21.3. The third-order valence-electron chi connectivity index (χ3n) is 7.82. The molecule has 1 saturated carbocycles. The molecule has 0 aliphatic heterocycles. The summed E-state index contributed by atoms with van der Waals surface area (Å²) in [5.74, 6) is 0.692. The number of nitrogens with zero attached hydrogens (tertiary/aromatic N) is 1. The lowest BCUT2D eigenvalue weighted by Crippen LogP contribution is -2.23. The summed E-state index contributed by atoms with van der Waals surface area (Å²) in [5, 5.41) is 4.72. The Morgan fingerprint density at radius 3 is 2.28 bits per heavy atom. The minimum atomic E-state index is -0.461. The van der Waals surface area contributed by atoms with Gasteiger partial charge in [0.2, 0.25) is 0 Å².